The Bertz CT molecular complexity index is 1360. The fourth-order valence-electron chi connectivity index (χ4n) is 5.42. The number of aliphatic hydroxyl groups excluding tert-OH is 2. The van der Waals surface area contributed by atoms with Crippen molar-refractivity contribution in [2.45, 2.75) is 24.9 Å². The zero-order valence-electron chi connectivity index (χ0n) is 27.2. The molecule has 3 rings (SSSR count). The zero-order chi connectivity index (χ0) is 35.4. The summed E-state index contributed by atoms with van der Waals surface area (Å²) < 4.78 is 0. The predicted molar refractivity (Wildman–Crippen MR) is 189 cm³/mol. The first kappa shape index (κ1) is 38.9. The van der Waals surface area contributed by atoms with E-state index < -0.39 is 35.1 Å². The largest absolute Gasteiger partial charge is 0.507 e. The molecule has 0 heterocycles. The van der Waals surface area contributed by atoms with Crippen molar-refractivity contribution in [3.05, 3.63) is 46.5 Å². The van der Waals surface area contributed by atoms with Crippen LogP contribution in [0.15, 0.2) is 24.3 Å². The van der Waals surface area contributed by atoms with Crippen LogP contribution in [-0.2, 0) is 9.59 Å². The lowest BCUT2D eigenvalue weighted by molar-refractivity contribution is -0.133. The molecule has 16 heteroatoms. The number of thioether (sulfide) groups is 2. The summed E-state index contributed by atoms with van der Waals surface area (Å²) in [5.41, 5.74) is 11.9. The number of benzene rings is 2. The number of carbonyl (C=O) groups is 4. The summed E-state index contributed by atoms with van der Waals surface area (Å²) in [4.78, 5) is 56.5. The van der Waals surface area contributed by atoms with Gasteiger partial charge in [-0.1, -0.05) is 0 Å². The van der Waals surface area contributed by atoms with Crippen molar-refractivity contribution in [1.29, 1.82) is 0 Å². The van der Waals surface area contributed by atoms with Gasteiger partial charge in [0, 0.05) is 50.6 Å². The number of carbonyl (C=O) groups excluding carboxylic acids is 4. The van der Waals surface area contributed by atoms with Gasteiger partial charge in [-0.05, 0) is 61.1 Å². The number of hydrogen-bond donors (Lipinski definition) is 8. The molecule has 1 aliphatic rings. The first-order chi connectivity index (χ1) is 23.0. The van der Waals surface area contributed by atoms with Crippen molar-refractivity contribution in [3.63, 3.8) is 0 Å². The van der Waals surface area contributed by atoms with E-state index in [1.807, 2.05) is 12.5 Å². The van der Waals surface area contributed by atoms with Crippen molar-refractivity contribution in [1.82, 2.24) is 9.80 Å². The van der Waals surface area contributed by atoms with Crippen LogP contribution in [0, 0.1) is 0 Å². The molecule has 2 aromatic rings. The Morgan fingerprint density at radius 3 is 1.40 bits per heavy atom. The second-order valence-corrected chi connectivity index (χ2v) is 13.1. The Labute approximate surface area is 288 Å². The minimum atomic E-state index is -0.733. The Morgan fingerprint density at radius 2 is 1.06 bits per heavy atom. The maximum absolute atomic E-state index is 13.9. The molecular weight excluding hydrogens is 661 g/mol. The number of amides is 2. The Kier molecular flexibility index (Phi) is 15.3. The second kappa shape index (κ2) is 18.9. The van der Waals surface area contributed by atoms with Gasteiger partial charge in [0.2, 0.25) is 23.4 Å². The molecule has 0 radical (unpaired) electrons. The van der Waals surface area contributed by atoms with Crippen molar-refractivity contribution in [3.8, 4) is 11.5 Å². The maximum Gasteiger partial charge on any atom is 0.239 e. The van der Waals surface area contributed by atoms with E-state index in [9.17, 15) is 39.6 Å². The normalized spacial score (nSPS) is 13.4. The Balaban J connectivity index is 1.90. The number of phenols is 2. The van der Waals surface area contributed by atoms with Gasteiger partial charge in [0.25, 0.3) is 0 Å². The molecule has 1 aliphatic carbocycles. The highest BCUT2D eigenvalue weighted by molar-refractivity contribution is 7.98. The van der Waals surface area contributed by atoms with Crippen molar-refractivity contribution < 1.29 is 39.6 Å². The number of ketones is 2. The van der Waals surface area contributed by atoms with E-state index in [0.717, 1.165) is 12.1 Å². The minimum Gasteiger partial charge on any atom is -0.507 e. The van der Waals surface area contributed by atoms with Gasteiger partial charge in [0.1, 0.15) is 11.5 Å². The van der Waals surface area contributed by atoms with Gasteiger partial charge in [-0.3, -0.25) is 19.2 Å². The van der Waals surface area contributed by atoms with Crippen LogP contribution in [0.3, 0.4) is 0 Å². The summed E-state index contributed by atoms with van der Waals surface area (Å²) >= 11 is 3.14. The summed E-state index contributed by atoms with van der Waals surface area (Å²) in [5.74, 6) is -1.56. The van der Waals surface area contributed by atoms with Gasteiger partial charge in [0.15, 0.2) is 0 Å². The van der Waals surface area contributed by atoms with Crippen LogP contribution < -0.4 is 22.1 Å². The SMILES string of the molecule is CSCC[C@@H](N)C(=O)N(CCO)CCNc1ccc(NCCN(CCO)C(=O)[C@@H](N)CCSC)c2c1C(=O)c1c(O)ccc(O)c1C2=O. The van der Waals surface area contributed by atoms with Crippen LogP contribution in [0.1, 0.15) is 44.7 Å². The van der Waals surface area contributed by atoms with Crippen LogP contribution in [0.5, 0.6) is 11.5 Å². The number of nitrogens with zero attached hydrogens (tertiary/aromatic N) is 2. The molecule has 2 aromatic carbocycles. The topological polar surface area (TPSA) is 232 Å². The first-order valence-electron chi connectivity index (χ1n) is 15.6. The van der Waals surface area contributed by atoms with Crippen molar-refractivity contribution in [2.24, 2.45) is 11.5 Å². The van der Waals surface area contributed by atoms with E-state index in [-0.39, 0.29) is 97.9 Å². The van der Waals surface area contributed by atoms with E-state index in [1.54, 1.807) is 35.7 Å². The summed E-state index contributed by atoms with van der Waals surface area (Å²) in [6.45, 7) is 0.128. The van der Waals surface area contributed by atoms with E-state index >= 15 is 0 Å². The number of fused-ring (bicyclic) bond motifs is 2. The molecule has 0 aromatic heterocycles. The van der Waals surface area contributed by atoms with Crippen LogP contribution in [-0.4, -0.2) is 142 Å². The summed E-state index contributed by atoms with van der Waals surface area (Å²) in [6.07, 6.45) is 4.77. The first-order valence-corrected chi connectivity index (χ1v) is 18.4. The fraction of sp³-hybridized carbons (Fsp3) is 0.500. The van der Waals surface area contributed by atoms with Crippen molar-refractivity contribution in [2.75, 3.05) is 87.1 Å². The molecule has 0 saturated carbocycles. The van der Waals surface area contributed by atoms with Gasteiger partial charge in [-0.25, -0.2) is 0 Å². The molecule has 264 valence electrons. The smallest absolute Gasteiger partial charge is 0.239 e. The number of aromatic hydroxyl groups is 2. The van der Waals surface area contributed by atoms with Gasteiger partial charge >= 0.3 is 0 Å². The minimum absolute atomic E-state index is 0.0440. The summed E-state index contributed by atoms with van der Waals surface area (Å²) in [6, 6.07) is 3.96. The zero-order valence-corrected chi connectivity index (χ0v) is 28.9. The summed E-state index contributed by atoms with van der Waals surface area (Å²) in [5, 5.41) is 46.5. The quantitative estimate of drug-likeness (QED) is 0.0748. The third-order valence-electron chi connectivity index (χ3n) is 7.93. The van der Waals surface area contributed by atoms with Crippen LogP contribution in [0.4, 0.5) is 11.4 Å². The monoisotopic (exact) mass is 706 g/mol. The number of rotatable bonds is 20. The van der Waals surface area contributed by atoms with Crippen molar-refractivity contribution >= 4 is 58.3 Å². The lowest BCUT2D eigenvalue weighted by Gasteiger charge is -2.28. The van der Waals surface area contributed by atoms with Crippen LogP contribution in [0.25, 0.3) is 0 Å². The average Bonchev–Trinajstić information content (AvgIpc) is 3.08. The number of phenolic OH excluding ortho intramolecular Hbond substituents is 2. The second-order valence-electron chi connectivity index (χ2n) is 11.2. The van der Waals surface area contributed by atoms with Gasteiger partial charge in [-0.15, -0.1) is 0 Å². The molecule has 0 unspecified atom stereocenters. The van der Waals surface area contributed by atoms with E-state index in [2.05, 4.69) is 10.6 Å². The Hall–Kier alpha value is -3.54. The number of hydrogen-bond acceptors (Lipinski definition) is 14. The van der Waals surface area contributed by atoms with Crippen LogP contribution >= 0.6 is 23.5 Å². The molecule has 0 aliphatic heterocycles. The lowest BCUT2D eigenvalue weighted by atomic mass is 9.81. The van der Waals surface area contributed by atoms with Gasteiger partial charge < -0.3 is 52.3 Å². The van der Waals surface area contributed by atoms with E-state index in [4.69, 9.17) is 11.5 Å². The fourth-order valence-corrected chi connectivity index (χ4v) is 6.40. The predicted octanol–water partition coefficient (Wildman–Crippen LogP) is 0.500. The molecule has 2 amide bonds. The highest BCUT2D eigenvalue weighted by Gasteiger charge is 2.38. The molecule has 0 fully saturated rings. The third kappa shape index (κ3) is 9.33. The third-order valence-corrected chi connectivity index (χ3v) is 9.22. The molecule has 14 nitrogen and oxygen atoms in total. The maximum atomic E-state index is 13.9. The Morgan fingerprint density at radius 1 is 0.688 bits per heavy atom. The molecule has 0 saturated heterocycles. The van der Waals surface area contributed by atoms with Gasteiger partial charge in [0.05, 0.1) is 47.6 Å². The van der Waals surface area contributed by atoms with Crippen LogP contribution in [0.2, 0.25) is 0 Å². The molecule has 0 spiro atoms. The highest BCUT2D eigenvalue weighted by atomic mass is 32.2. The highest BCUT2D eigenvalue weighted by Crippen LogP contribution is 2.42. The molecule has 0 bridgehead atoms. The number of nitrogens with two attached hydrogens (primary N) is 2. The number of aliphatic hydroxyl groups is 2. The molecule has 48 heavy (non-hydrogen) atoms. The average molecular weight is 707 g/mol. The van der Waals surface area contributed by atoms with Gasteiger partial charge in [-0.2, -0.15) is 23.5 Å². The number of nitrogens with one attached hydrogen (secondary N) is 2. The van der Waals surface area contributed by atoms with E-state index in [0.29, 0.717) is 24.3 Å². The molecule has 2 atom stereocenters. The lowest BCUT2D eigenvalue weighted by Crippen LogP contribution is -2.47. The number of anilines is 2. The molecule has 10 N–H and O–H groups in total. The standard InChI is InChI=1S/C32H46N6O8S2/c1-47-17-7-19(33)31(45)37(13-15-39)11-9-35-21-3-4-22(36-10-12-38(14-16-40)32(46)20(34)8-18-48-2)26-25(21)29(43)27-23(41)5-6-24(42)28(27)30(26)44/h3-6,19-20,35-36,39-42H,7-18,33-34H2,1-2H3/t19-,20+. The van der Waals surface area contributed by atoms with E-state index in [1.165, 1.54) is 9.80 Å². The molecular formula is C32H46N6O8S2. The summed E-state index contributed by atoms with van der Waals surface area (Å²) in [7, 11) is 0.